The van der Waals surface area contributed by atoms with E-state index in [0.717, 1.165) is 36.1 Å². The first-order valence-electron chi connectivity index (χ1n) is 6.07. The molecule has 2 N–H and O–H groups in total. The Labute approximate surface area is 147 Å². The molecular formula is C12H16Cl2FN2OY-. The molecule has 0 aromatic heterocycles. The quantitative estimate of drug-likeness (QED) is 0.342. The number of nitrogens with two attached hydrogens (primary N) is 1. The molecule has 0 aliphatic heterocycles. The van der Waals surface area contributed by atoms with E-state index in [1.54, 1.807) is 0 Å². The van der Waals surface area contributed by atoms with Crippen LogP contribution in [0.3, 0.4) is 0 Å². The topological polar surface area (TPSA) is 49.4 Å². The molecule has 0 heterocycles. The van der Waals surface area contributed by atoms with Crippen LogP contribution in [-0.2, 0) is 37.5 Å². The molecule has 1 radical (unpaired) electrons. The van der Waals surface area contributed by atoms with Gasteiger partial charge in [0.05, 0.1) is 0 Å². The minimum Gasteiger partial charge on any atom is -0.585 e. The van der Waals surface area contributed by atoms with Crippen molar-refractivity contribution >= 4 is 23.2 Å². The van der Waals surface area contributed by atoms with Crippen LogP contribution in [0.4, 0.5) is 4.39 Å². The van der Waals surface area contributed by atoms with Gasteiger partial charge < -0.3 is 16.1 Å². The molecule has 105 valence electrons. The second-order valence-corrected chi connectivity index (χ2v) is 5.65. The summed E-state index contributed by atoms with van der Waals surface area (Å²) in [5.74, 6) is 0.594. The summed E-state index contributed by atoms with van der Waals surface area (Å²) in [6, 6.07) is 0. The monoisotopic (exact) mass is 382 g/mol. The molecule has 1 unspecified atom stereocenters. The van der Waals surface area contributed by atoms with E-state index >= 15 is 0 Å². The van der Waals surface area contributed by atoms with Gasteiger partial charge in [0.15, 0.2) is 0 Å². The van der Waals surface area contributed by atoms with E-state index in [4.69, 9.17) is 33.8 Å². The van der Waals surface area contributed by atoms with E-state index in [2.05, 4.69) is 5.48 Å². The molecule has 1 saturated carbocycles. The Morgan fingerprint density at radius 2 is 2.11 bits per heavy atom. The number of hydrogen-bond acceptors (Lipinski definition) is 2. The van der Waals surface area contributed by atoms with Gasteiger partial charge in [0.25, 0.3) is 0 Å². The summed E-state index contributed by atoms with van der Waals surface area (Å²) in [5.41, 5.74) is 12.3. The number of hydrogen-bond donors (Lipinski definition) is 1. The van der Waals surface area contributed by atoms with Gasteiger partial charge in [-0.3, -0.25) is 0 Å². The first-order valence-corrected chi connectivity index (χ1v) is 6.94. The van der Waals surface area contributed by atoms with Gasteiger partial charge in [0, 0.05) is 55.4 Å². The second-order valence-electron chi connectivity index (χ2n) is 4.60. The van der Waals surface area contributed by atoms with E-state index in [1.165, 1.54) is 0 Å². The maximum Gasteiger partial charge on any atom is 0.106 e. The predicted octanol–water partition coefficient (Wildman–Crippen LogP) is 4.22. The second kappa shape index (κ2) is 8.18. The number of alkyl halides is 3. The fraction of sp³-hybridized carbons (Fsp3) is 0.667. The zero-order valence-corrected chi connectivity index (χ0v) is 14.9. The van der Waals surface area contributed by atoms with Crippen molar-refractivity contribution in [2.75, 3.05) is 0 Å². The maximum absolute atomic E-state index is 13.3. The smallest absolute Gasteiger partial charge is 0.106 e. The van der Waals surface area contributed by atoms with Crippen LogP contribution in [0.25, 0.3) is 5.48 Å². The Bertz CT molecular complexity index is 388. The summed E-state index contributed by atoms with van der Waals surface area (Å²) < 4.78 is 13.3. The van der Waals surface area contributed by atoms with Crippen molar-refractivity contribution < 1.29 is 41.9 Å². The molecule has 2 aliphatic carbocycles. The molecule has 1 fully saturated rings. The van der Waals surface area contributed by atoms with Gasteiger partial charge in [-0.1, -0.05) is 0 Å². The predicted molar refractivity (Wildman–Crippen MR) is 70.8 cm³/mol. The van der Waals surface area contributed by atoms with Crippen LogP contribution in [0.1, 0.15) is 38.5 Å². The standard InChI is InChI=1S/C12H16Cl2FN2O.Y/c13-12(14)17-18-11(7-4-5-8(15)6-7)9-2-1-3-10(9)16;/h8,12H,1-6,16H2;/q-1;/b11-7+;. The van der Waals surface area contributed by atoms with Crippen LogP contribution in [0.5, 0.6) is 0 Å². The van der Waals surface area contributed by atoms with Crippen LogP contribution < -0.4 is 5.73 Å². The number of hydroxylamine groups is 1. The van der Waals surface area contributed by atoms with Crippen molar-refractivity contribution in [3.05, 3.63) is 28.1 Å². The molecule has 2 aliphatic rings. The third kappa shape index (κ3) is 4.85. The zero-order valence-electron chi connectivity index (χ0n) is 10.5. The van der Waals surface area contributed by atoms with Crippen LogP contribution in [0.15, 0.2) is 22.6 Å². The van der Waals surface area contributed by atoms with E-state index < -0.39 is 11.1 Å². The minimum atomic E-state index is -0.952. The summed E-state index contributed by atoms with van der Waals surface area (Å²) in [5, 5.41) is 0. The molecule has 0 bridgehead atoms. The Morgan fingerprint density at radius 3 is 2.58 bits per heavy atom. The minimum absolute atomic E-state index is 0. The molecule has 19 heavy (non-hydrogen) atoms. The number of nitrogens with zero attached hydrogens (tertiary/aromatic N) is 1. The average Bonchev–Trinajstić information content (AvgIpc) is 2.89. The van der Waals surface area contributed by atoms with Crippen molar-refractivity contribution in [1.82, 2.24) is 0 Å². The summed E-state index contributed by atoms with van der Waals surface area (Å²) in [4.78, 5) is 4.37. The first kappa shape index (κ1) is 17.7. The Kier molecular flexibility index (Phi) is 7.63. The van der Waals surface area contributed by atoms with Crippen LogP contribution in [0.2, 0.25) is 0 Å². The van der Waals surface area contributed by atoms with Crippen molar-refractivity contribution in [1.29, 1.82) is 0 Å². The van der Waals surface area contributed by atoms with Crippen LogP contribution >= 0.6 is 23.2 Å². The van der Waals surface area contributed by atoms with E-state index in [-0.39, 0.29) is 32.7 Å². The van der Waals surface area contributed by atoms with E-state index in [0.29, 0.717) is 25.0 Å². The van der Waals surface area contributed by atoms with Crippen LogP contribution in [-0.4, -0.2) is 11.1 Å². The Morgan fingerprint density at radius 1 is 1.37 bits per heavy atom. The van der Waals surface area contributed by atoms with Gasteiger partial charge in [-0.2, -0.15) is 0 Å². The van der Waals surface area contributed by atoms with E-state index in [9.17, 15) is 4.39 Å². The molecule has 0 aromatic rings. The first-order chi connectivity index (χ1) is 8.58. The summed E-state index contributed by atoms with van der Waals surface area (Å²) >= 11 is 11.1. The van der Waals surface area contributed by atoms with Gasteiger partial charge in [-0.15, -0.1) is 23.2 Å². The van der Waals surface area contributed by atoms with Crippen molar-refractivity contribution in [3.8, 4) is 0 Å². The third-order valence-electron chi connectivity index (χ3n) is 3.31. The number of allylic oxidation sites excluding steroid dienone is 3. The normalized spacial score (nSPS) is 25.8. The molecule has 3 nitrogen and oxygen atoms in total. The number of halogens is 3. The molecule has 0 aromatic carbocycles. The van der Waals surface area contributed by atoms with Gasteiger partial charge in [0.1, 0.15) is 11.9 Å². The molecule has 1 atom stereocenters. The van der Waals surface area contributed by atoms with Crippen molar-refractivity contribution in [3.63, 3.8) is 0 Å². The largest absolute Gasteiger partial charge is 0.585 e. The molecule has 0 spiro atoms. The summed E-state index contributed by atoms with van der Waals surface area (Å²) in [6.45, 7) is 0. The van der Waals surface area contributed by atoms with Crippen LogP contribution in [0, 0.1) is 0 Å². The molecule has 0 amide bonds. The third-order valence-corrected chi connectivity index (χ3v) is 3.47. The van der Waals surface area contributed by atoms with Gasteiger partial charge in [-0.25, -0.2) is 4.39 Å². The van der Waals surface area contributed by atoms with Gasteiger partial charge in [0.2, 0.25) is 0 Å². The Hall–Kier alpha value is 0.654. The van der Waals surface area contributed by atoms with E-state index in [1.807, 2.05) is 0 Å². The Balaban J connectivity index is 0.00000180. The average molecular weight is 383 g/mol. The van der Waals surface area contributed by atoms with Gasteiger partial charge >= 0.3 is 0 Å². The SMILES string of the molecule is NC1=C(/C(O[N-]C(Cl)Cl)=C2/CCC(F)C2)CCC1.[Y]. The maximum atomic E-state index is 13.3. The fourth-order valence-electron chi connectivity index (χ4n) is 2.46. The zero-order chi connectivity index (χ0) is 13.1. The summed E-state index contributed by atoms with van der Waals surface area (Å²) in [7, 11) is 0. The molecule has 7 heteroatoms. The molecular weight excluding hydrogens is 367 g/mol. The molecule has 2 rings (SSSR count). The fourth-order valence-corrected chi connectivity index (χ4v) is 2.54. The number of rotatable bonds is 4. The van der Waals surface area contributed by atoms with Crippen molar-refractivity contribution in [2.45, 2.75) is 49.7 Å². The van der Waals surface area contributed by atoms with Crippen molar-refractivity contribution in [2.24, 2.45) is 5.73 Å². The molecule has 0 saturated heterocycles. The van der Waals surface area contributed by atoms with Gasteiger partial charge in [-0.05, 0) is 37.7 Å². The summed E-state index contributed by atoms with van der Waals surface area (Å²) in [6.07, 6.45) is 3.47.